The lowest BCUT2D eigenvalue weighted by Gasteiger charge is -2.15. The van der Waals surface area contributed by atoms with Gasteiger partial charge in [-0.2, -0.15) is 5.26 Å². The number of nitrogens with zero attached hydrogens (tertiary/aromatic N) is 3. The number of anilines is 1. The van der Waals surface area contributed by atoms with Crippen LogP contribution in [-0.2, 0) is 7.05 Å². The van der Waals surface area contributed by atoms with Crippen LogP contribution in [0.15, 0.2) is 47.3 Å². The van der Waals surface area contributed by atoms with Crippen LogP contribution in [0.1, 0.15) is 5.56 Å². The highest BCUT2D eigenvalue weighted by atomic mass is 19.1. The molecule has 0 radical (unpaired) electrons. The van der Waals surface area contributed by atoms with Crippen molar-refractivity contribution in [2.75, 3.05) is 19.5 Å². The fourth-order valence-corrected chi connectivity index (χ4v) is 2.82. The summed E-state index contributed by atoms with van der Waals surface area (Å²) >= 11 is 0. The summed E-state index contributed by atoms with van der Waals surface area (Å²) in [6.07, 6.45) is 0. The lowest BCUT2D eigenvalue weighted by Crippen LogP contribution is -2.24. The quantitative estimate of drug-likeness (QED) is 0.769. The maximum Gasteiger partial charge on any atom is 0.263 e. The lowest BCUT2D eigenvalue weighted by molar-refractivity contribution is 0.386. The number of nitrogens with one attached hydrogen (secondary N) is 1. The van der Waals surface area contributed by atoms with Gasteiger partial charge in [0.1, 0.15) is 0 Å². The molecule has 0 fully saturated rings. The van der Waals surface area contributed by atoms with Crippen LogP contribution in [0, 0.1) is 17.1 Å². The summed E-state index contributed by atoms with van der Waals surface area (Å²) in [7, 11) is 4.63. The number of rotatable bonds is 4. The van der Waals surface area contributed by atoms with E-state index in [1.807, 2.05) is 0 Å². The number of nitriles is 1. The third kappa shape index (κ3) is 3.25. The average molecular weight is 364 g/mol. The van der Waals surface area contributed by atoms with Crippen LogP contribution >= 0.6 is 0 Å². The molecule has 1 heterocycles. The summed E-state index contributed by atoms with van der Waals surface area (Å²) in [5, 5.41) is 11.9. The van der Waals surface area contributed by atoms with Gasteiger partial charge in [0.2, 0.25) is 5.95 Å². The van der Waals surface area contributed by atoms with Crippen molar-refractivity contribution in [2.24, 2.45) is 7.05 Å². The molecule has 0 amide bonds. The topological polar surface area (TPSA) is 79.9 Å². The van der Waals surface area contributed by atoms with Crippen molar-refractivity contribution in [1.82, 2.24) is 9.55 Å². The maximum atomic E-state index is 14.2. The van der Waals surface area contributed by atoms with E-state index in [0.29, 0.717) is 28.3 Å². The van der Waals surface area contributed by atoms with Gasteiger partial charge in [0.25, 0.3) is 5.56 Å². The number of hydrogen-bond donors (Lipinski definition) is 1. The van der Waals surface area contributed by atoms with Crippen LogP contribution in [0.5, 0.6) is 5.75 Å². The number of halogens is 1. The fraction of sp³-hybridized carbons (Fsp3) is 0.150. The minimum absolute atomic E-state index is 0.0929. The van der Waals surface area contributed by atoms with Gasteiger partial charge in [-0.3, -0.25) is 9.36 Å². The molecular formula is C20H17FN4O2. The minimum Gasteiger partial charge on any atom is -0.494 e. The summed E-state index contributed by atoms with van der Waals surface area (Å²) in [5.74, 6) is -0.104. The van der Waals surface area contributed by atoms with Crippen LogP contribution in [-0.4, -0.2) is 23.7 Å². The second kappa shape index (κ2) is 7.30. The Bertz CT molecular complexity index is 1100. The lowest BCUT2D eigenvalue weighted by atomic mass is 9.99. The molecule has 6 nitrogen and oxygen atoms in total. The van der Waals surface area contributed by atoms with Gasteiger partial charge >= 0.3 is 0 Å². The summed E-state index contributed by atoms with van der Waals surface area (Å²) in [4.78, 5) is 17.6. The molecule has 0 bridgehead atoms. The first kappa shape index (κ1) is 18.1. The van der Waals surface area contributed by atoms with Crippen LogP contribution in [0.4, 0.5) is 10.3 Å². The Labute approximate surface area is 155 Å². The Morgan fingerprint density at radius 2 is 1.85 bits per heavy atom. The summed E-state index contributed by atoms with van der Waals surface area (Å²) < 4.78 is 20.6. The van der Waals surface area contributed by atoms with Crippen LogP contribution in [0.25, 0.3) is 22.4 Å². The second-order valence-electron chi connectivity index (χ2n) is 5.81. The highest BCUT2D eigenvalue weighted by Gasteiger charge is 2.19. The molecule has 0 unspecified atom stereocenters. The highest BCUT2D eigenvalue weighted by molar-refractivity contribution is 5.81. The van der Waals surface area contributed by atoms with E-state index in [0.717, 1.165) is 0 Å². The first-order chi connectivity index (χ1) is 13.0. The third-order valence-electron chi connectivity index (χ3n) is 4.24. The van der Waals surface area contributed by atoms with Crippen LogP contribution in [0.2, 0.25) is 0 Å². The molecule has 7 heteroatoms. The van der Waals surface area contributed by atoms with Crippen molar-refractivity contribution in [3.8, 4) is 34.2 Å². The molecule has 2 aromatic carbocycles. The molecule has 27 heavy (non-hydrogen) atoms. The van der Waals surface area contributed by atoms with Crippen LogP contribution in [0.3, 0.4) is 0 Å². The fourth-order valence-electron chi connectivity index (χ4n) is 2.82. The van der Waals surface area contributed by atoms with Gasteiger partial charge in [0, 0.05) is 19.7 Å². The Balaban J connectivity index is 2.31. The summed E-state index contributed by atoms with van der Waals surface area (Å²) in [5.41, 5.74) is 1.88. The predicted molar refractivity (Wildman–Crippen MR) is 101 cm³/mol. The summed E-state index contributed by atoms with van der Waals surface area (Å²) in [6.45, 7) is 0. The SMILES string of the molecule is CNc1nc(-c2ccc(C#N)cc2)c(-c2ccc(OC)c(F)c2)c(=O)n1C. The standard InChI is InChI=1S/C20H17FN4O2/c1-23-20-24-18(13-6-4-12(11-22)5-7-13)17(19(26)25(20)2)14-8-9-16(27-3)15(21)10-14/h4-10H,1-3H3,(H,23,24). The van der Waals surface area contributed by atoms with Gasteiger partial charge in [-0.1, -0.05) is 18.2 Å². The van der Waals surface area contributed by atoms with Gasteiger partial charge in [-0.25, -0.2) is 9.37 Å². The first-order valence-corrected chi connectivity index (χ1v) is 8.13. The molecule has 0 aliphatic heterocycles. The van der Waals surface area contributed by atoms with E-state index in [-0.39, 0.29) is 16.9 Å². The Morgan fingerprint density at radius 1 is 1.19 bits per heavy atom. The van der Waals surface area contributed by atoms with Crippen molar-refractivity contribution >= 4 is 5.95 Å². The number of methoxy groups -OCH3 is 1. The first-order valence-electron chi connectivity index (χ1n) is 8.13. The number of hydrogen-bond acceptors (Lipinski definition) is 5. The average Bonchev–Trinajstić information content (AvgIpc) is 2.70. The molecule has 3 aromatic rings. The second-order valence-corrected chi connectivity index (χ2v) is 5.81. The monoisotopic (exact) mass is 364 g/mol. The molecule has 0 aliphatic carbocycles. The largest absolute Gasteiger partial charge is 0.494 e. The van der Waals surface area contributed by atoms with Gasteiger partial charge in [-0.05, 0) is 29.8 Å². The zero-order valence-corrected chi connectivity index (χ0v) is 15.1. The minimum atomic E-state index is -0.569. The molecule has 0 spiro atoms. The zero-order valence-electron chi connectivity index (χ0n) is 15.1. The Hall–Kier alpha value is -3.66. The molecule has 0 saturated carbocycles. The Kier molecular flexibility index (Phi) is 4.90. The van der Waals surface area contributed by atoms with Gasteiger partial charge < -0.3 is 10.1 Å². The third-order valence-corrected chi connectivity index (χ3v) is 4.24. The zero-order chi connectivity index (χ0) is 19.6. The van der Waals surface area contributed by atoms with Gasteiger partial charge in [0.05, 0.1) is 30.0 Å². The van der Waals surface area contributed by atoms with Crippen molar-refractivity contribution in [1.29, 1.82) is 5.26 Å². The molecule has 1 N–H and O–H groups in total. The van der Waals surface area contributed by atoms with Crippen LogP contribution < -0.4 is 15.6 Å². The van der Waals surface area contributed by atoms with E-state index in [4.69, 9.17) is 10.00 Å². The van der Waals surface area contributed by atoms with E-state index in [9.17, 15) is 9.18 Å². The van der Waals surface area contributed by atoms with Gasteiger partial charge in [-0.15, -0.1) is 0 Å². The van der Waals surface area contributed by atoms with E-state index >= 15 is 0 Å². The normalized spacial score (nSPS) is 10.3. The molecule has 0 atom stereocenters. The van der Waals surface area contributed by atoms with E-state index < -0.39 is 5.82 Å². The maximum absolute atomic E-state index is 14.2. The van der Waals surface area contributed by atoms with E-state index in [1.165, 1.54) is 23.8 Å². The smallest absolute Gasteiger partial charge is 0.263 e. The van der Waals surface area contributed by atoms with E-state index in [1.54, 1.807) is 44.4 Å². The number of aromatic nitrogens is 2. The van der Waals surface area contributed by atoms with Crippen molar-refractivity contribution in [3.05, 3.63) is 64.2 Å². The Morgan fingerprint density at radius 3 is 2.41 bits per heavy atom. The molecule has 3 rings (SSSR count). The molecular weight excluding hydrogens is 347 g/mol. The molecule has 0 aliphatic rings. The molecule has 0 saturated heterocycles. The predicted octanol–water partition coefficient (Wildman–Crippen LogP) is 3.18. The molecule has 1 aromatic heterocycles. The van der Waals surface area contributed by atoms with Crippen molar-refractivity contribution < 1.29 is 9.13 Å². The van der Waals surface area contributed by atoms with E-state index in [2.05, 4.69) is 16.4 Å². The van der Waals surface area contributed by atoms with Crippen molar-refractivity contribution in [2.45, 2.75) is 0 Å². The van der Waals surface area contributed by atoms with Crippen molar-refractivity contribution in [3.63, 3.8) is 0 Å². The summed E-state index contributed by atoms with van der Waals surface area (Å²) in [6, 6.07) is 13.1. The number of ether oxygens (including phenoxy) is 1. The number of benzene rings is 2. The van der Waals surface area contributed by atoms with Gasteiger partial charge in [0.15, 0.2) is 11.6 Å². The molecule has 136 valence electrons. The highest BCUT2D eigenvalue weighted by Crippen LogP contribution is 2.31.